The van der Waals surface area contributed by atoms with Gasteiger partial charge < -0.3 is 0 Å². The Balaban J connectivity index is 0.00000353. The van der Waals surface area contributed by atoms with Gasteiger partial charge in [0.25, 0.3) is 0 Å². The van der Waals surface area contributed by atoms with E-state index in [0.717, 1.165) is 47.6 Å². The molecule has 12 heteroatoms. The first-order valence-corrected chi connectivity index (χ1v) is 13.1. The quantitative estimate of drug-likeness (QED) is 0.193. The maximum absolute atomic E-state index is 13.6. The van der Waals surface area contributed by atoms with Crippen molar-refractivity contribution in [2.24, 2.45) is 4.99 Å². The van der Waals surface area contributed by atoms with Gasteiger partial charge in [0.15, 0.2) is 4.80 Å². The number of rotatable bonds is 4. The summed E-state index contributed by atoms with van der Waals surface area (Å²) in [5.41, 5.74) is -0.534. The van der Waals surface area contributed by atoms with E-state index < -0.39 is 28.9 Å². The molecule has 0 radical (unpaired) electrons. The highest BCUT2D eigenvalue weighted by molar-refractivity contribution is 8.93. The predicted octanol–water partition coefficient (Wildman–Crippen LogP) is 10.2. The molecule has 0 unspecified atom stereocenters. The van der Waals surface area contributed by atoms with Crippen LogP contribution < -0.4 is 4.80 Å². The molecular weight excluding hydrogens is 649 g/mol. The molecule has 1 aromatic heterocycles. The summed E-state index contributed by atoms with van der Waals surface area (Å²) in [5, 5.41) is 2.53. The van der Waals surface area contributed by atoms with Gasteiger partial charge in [-0.25, -0.2) is 4.99 Å². The van der Waals surface area contributed by atoms with Crippen LogP contribution in [0.2, 0.25) is 10.0 Å². The Labute approximate surface area is 244 Å². The molecule has 0 bridgehead atoms. The Hall–Kier alpha value is -2.27. The van der Waals surface area contributed by atoms with Gasteiger partial charge in [-0.2, -0.15) is 26.3 Å². The molecule has 206 valence electrons. The van der Waals surface area contributed by atoms with Crippen LogP contribution in [0.1, 0.15) is 41.6 Å². The van der Waals surface area contributed by atoms with Crippen molar-refractivity contribution in [1.82, 2.24) is 4.57 Å². The number of hydrogen-bond donors (Lipinski definition) is 0. The van der Waals surface area contributed by atoms with Crippen LogP contribution in [0.5, 0.6) is 0 Å². The lowest BCUT2D eigenvalue weighted by Crippen LogP contribution is -2.38. The second kappa shape index (κ2) is 11.0. The molecule has 0 spiro atoms. The van der Waals surface area contributed by atoms with E-state index in [4.69, 9.17) is 23.2 Å². The maximum atomic E-state index is 13.6. The number of thiazole rings is 1. The van der Waals surface area contributed by atoms with E-state index >= 15 is 0 Å². The molecule has 0 amide bonds. The SMILES string of the molecule is Br.FC(F)(F)c1cccc(/N=c2/scc(C3(c4ccc(Cl)c(Cl)c4)CCC3)n2-c2cccc(C(F)(F)F)c2)c1. The molecule has 39 heavy (non-hydrogen) atoms. The Kier molecular flexibility index (Phi) is 8.34. The zero-order valence-electron chi connectivity index (χ0n) is 19.8. The third kappa shape index (κ3) is 5.80. The number of nitrogens with zero attached hydrogens (tertiary/aromatic N) is 2. The smallest absolute Gasteiger partial charge is 0.289 e. The highest BCUT2D eigenvalue weighted by atomic mass is 79.9. The molecule has 1 aliphatic rings. The molecule has 0 N–H and O–H groups in total. The average molecular weight is 668 g/mol. The first-order chi connectivity index (χ1) is 17.9. The van der Waals surface area contributed by atoms with Crippen molar-refractivity contribution in [3.63, 3.8) is 0 Å². The largest absolute Gasteiger partial charge is 0.416 e. The second-order valence-electron chi connectivity index (χ2n) is 9.01. The summed E-state index contributed by atoms with van der Waals surface area (Å²) in [6.45, 7) is 0. The van der Waals surface area contributed by atoms with Gasteiger partial charge in [0, 0.05) is 22.2 Å². The summed E-state index contributed by atoms with van der Waals surface area (Å²) in [4.78, 5) is 4.70. The highest BCUT2D eigenvalue weighted by Gasteiger charge is 2.43. The summed E-state index contributed by atoms with van der Waals surface area (Å²) in [6, 6.07) is 14.6. The molecule has 3 aromatic carbocycles. The Morgan fingerprint density at radius 2 is 1.44 bits per heavy atom. The number of halogens is 9. The van der Waals surface area contributed by atoms with E-state index in [2.05, 4.69) is 4.99 Å². The van der Waals surface area contributed by atoms with E-state index in [1.54, 1.807) is 22.1 Å². The maximum Gasteiger partial charge on any atom is 0.416 e. The molecule has 1 aliphatic carbocycles. The van der Waals surface area contributed by atoms with Crippen molar-refractivity contribution in [2.45, 2.75) is 37.0 Å². The van der Waals surface area contributed by atoms with E-state index in [-0.39, 0.29) is 33.2 Å². The van der Waals surface area contributed by atoms with E-state index in [1.165, 1.54) is 24.3 Å². The van der Waals surface area contributed by atoms with Crippen LogP contribution in [0, 0.1) is 0 Å². The predicted molar refractivity (Wildman–Crippen MR) is 147 cm³/mol. The van der Waals surface area contributed by atoms with Crippen LogP contribution in [0.25, 0.3) is 5.69 Å². The van der Waals surface area contributed by atoms with E-state index in [9.17, 15) is 26.3 Å². The molecular formula is C27H19BrCl2F6N2S. The van der Waals surface area contributed by atoms with Crippen molar-refractivity contribution >= 4 is 57.2 Å². The minimum absolute atomic E-state index is 0. The minimum Gasteiger partial charge on any atom is -0.289 e. The van der Waals surface area contributed by atoms with Crippen LogP contribution in [-0.2, 0) is 17.8 Å². The number of alkyl halides is 6. The highest BCUT2D eigenvalue weighted by Crippen LogP contribution is 2.50. The Bertz CT molecular complexity index is 1570. The number of hydrogen-bond acceptors (Lipinski definition) is 2. The zero-order valence-corrected chi connectivity index (χ0v) is 23.8. The fourth-order valence-electron chi connectivity index (χ4n) is 4.67. The monoisotopic (exact) mass is 666 g/mol. The lowest BCUT2D eigenvalue weighted by Gasteiger charge is -2.43. The molecule has 2 nitrogen and oxygen atoms in total. The van der Waals surface area contributed by atoms with Crippen LogP contribution >= 0.6 is 51.5 Å². The van der Waals surface area contributed by atoms with Crippen molar-refractivity contribution in [2.75, 3.05) is 0 Å². The first kappa shape index (κ1) is 29.7. The van der Waals surface area contributed by atoms with Crippen molar-refractivity contribution < 1.29 is 26.3 Å². The summed E-state index contributed by atoms with van der Waals surface area (Å²) in [5.74, 6) is 0. The van der Waals surface area contributed by atoms with Gasteiger partial charge in [-0.1, -0.05) is 47.8 Å². The molecule has 5 rings (SSSR count). The van der Waals surface area contributed by atoms with Crippen LogP contribution in [0.3, 0.4) is 0 Å². The minimum atomic E-state index is -4.58. The number of benzene rings is 3. The van der Waals surface area contributed by atoms with Gasteiger partial charge >= 0.3 is 12.4 Å². The second-order valence-corrected chi connectivity index (χ2v) is 10.7. The normalized spacial score (nSPS) is 15.5. The van der Waals surface area contributed by atoms with Gasteiger partial charge in [-0.3, -0.25) is 4.57 Å². The summed E-state index contributed by atoms with van der Waals surface area (Å²) in [6.07, 6.45) is -6.87. The fourth-order valence-corrected chi connectivity index (χ4v) is 5.98. The van der Waals surface area contributed by atoms with Gasteiger partial charge in [-0.05, 0) is 66.9 Å². The van der Waals surface area contributed by atoms with Crippen molar-refractivity contribution in [3.05, 3.63) is 109 Å². The third-order valence-electron chi connectivity index (χ3n) is 6.71. The lowest BCUT2D eigenvalue weighted by atomic mass is 9.62. The van der Waals surface area contributed by atoms with E-state index in [1.807, 2.05) is 6.07 Å². The van der Waals surface area contributed by atoms with Gasteiger partial charge in [0.1, 0.15) is 0 Å². The van der Waals surface area contributed by atoms with Crippen molar-refractivity contribution in [1.29, 1.82) is 0 Å². The summed E-state index contributed by atoms with van der Waals surface area (Å²) in [7, 11) is 0. The average Bonchev–Trinajstić information content (AvgIpc) is 3.23. The third-order valence-corrected chi connectivity index (χ3v) is 8.27. The van der Waals surface area contributed by atoms with Crippen LogP contribution in [-0.4, -0.2) is 4.57 Å². The van der Waals surface area contributed by atoms with Crippen LogP contribution in [0.15, 0.2) is 77.1 Å². The van der Waals surface area contributed by atoms with Crippen LogP contribution in [0.4, 0.5) is 32.0 Å². The molecule has 0 aliphatic heterocycles. The molecule has 1 fully saturated rings. The standard InChI is InChI=1S/C27H18Cl2F6N2S.BrH/c28-21-9-8-16(14-22(21)29)25(10-3-11-25)23-15-38-24(36-19-6-1-4-17(12-19)26(30,31)32)37(23)20-7-2-5-18(13-20)27(33,34)35;/h1-2,4-9,12-15H,3,10-11H2;1H/b36-24+;. The molecule has 1 heterocycles. The summed E-state index contributed by atoms with van der Waals surface area (Å²) >= 11 is 13.6. The molecule has 0 atom stereocenters. The molecule has 4 aromatic rings. The van der Waals surface area contributed by atoms with E-state index in [0.29, 0.717) is 28.6 Å². The van der Waals surface area contributed by atoms with Gasteiger partial charge in [0.2, 0.25) is 0 Å². The molecule has 1 saturated carbocycles. The zero-order chi connectivity index (χ0) is 27.3. The summed E-state index contributed by atoms with van der Waals surface area (Å²) < 4.78 is 82.3. The number of aromatic nitrogens is 1. The van der Waals surface area contributed by atoms with Gasteiger partial charge in [-0.15, -0.1) is 28.3 Å². The first-order valence-electron chi connectivity index (χ1n) is 11.4. The van der Waals surface area contributed by atoms with Gasteiger partial charge in [0.05, 0.1) is 26.9 Å². The van der Waals surface area contributed by atoms with Crippen molar-refractivity contribution in [3.8, 4) is 5.69 Å². The lowest BCUT2D eigenvalue weighted by molar-refractivity contribution is -0.138. The topological polar surface area (TPSA) is 17.3 Å². The Morgan fingerprint density at radius 3 is 2.03 bits per heavy atom. The fraction of sp³-hybridized carbons (Fsp3) is 0.222. The Morgan fingerprint density at radius 1 is 0.795 bits per heavy atom. The molecule has 0 saturated heterocycles.